The van der Waals surface area contributed by atoms with Crippen LogP contribution in [0.4, 0.5) is 15.8 Å². The zero-order valence-electron chi connectivity index (χ0n) is 24.0. The maximum atomic E-state index is 15.2. The molecule has 1 saturated carbocycles. The molecule has 1 aliphatic carbocycles. The Kier molecular flexibility index (Phi) is 6.47. The van der Waals surface area contributed by atoms with Crippen LogP contribution in [0.1, 0.15) is 30.0 Å². The minimum atomic E-state index is -0.764. The summed E-state index contributed by atoms with van der Waals surface area (Å²) < 4.78 is 16.6. The molecule has 224 valence electrons. The number of pyridine rings is 3. The number of aryl methyl sites for hydroxylation is 1. The molecule has 1 saturated heterocycles. The van der Waals surface area contributed by atoms with Gasteiger partial charge in [-0.15, -0.1) is 0 Å². The first kappa shape index (κ1) is 28.0. The summed E-state index contributed by atoms with van der Waals surface area (Å²) in [5.41, 5.74) is 2.12. The van der Waals surface area contributed by atoms with Crippen molar-refractivity contribution in [2.24, 2.45) is 0 Å². The third kappa shape index (κ3) is 4.10. The lowest BCUT2D eigenvalue weighted by Gasteiger charge is -2.47. The van der Waals surface area contributed by atoms with Gasteiger partial charge in [0.05, 0.1) is 39.9 Å². The molecule has 3 aliphatic rings. The number of aromatic nitrogens is 3. The molecular formula is C32H28ClFN6O4. The van der Waals surface area contributed by atoms with Crippen molar-refractivity contribution < 1.29 is 19.1 Å². The summed E-state index contributed by atoms with van der Waals surface area (Å²) >= 11 is 6.81. The highest BCUT2D eigenvalue weighted by atomic mass is 35.5. The molecule has 1 aromatic carbocycles. The van der Waals surface area contributed by atoms with Crippen molar-refractivity contribution in [2.75, 3.05) is 36.5 Å². The molecule has 44 heavy (non-hydrogen) atoms. The summed E-state index contributed by atoms with van der Waals surface area (Å²) in [4.78, 5) is 55.2. The Bertz CT molecular complexity index is 1970. The fourth-order valence-electron chi connectivity index (χ4n) is 6.42. The van der Waals surface area contributed by atoms with Gasteiger partial charge in [-0.05, 0) is 55.7 Å². The largest absolute Gasteiger partial charge is 0.507 e. The highest BCUT2D eigenvalue weighted by Gasteiger charge is 2.44. The van der Waals surface area contributed by atoms with Crippen LogP contribution in [0.3, 0.4) is 0 Å². The second-order valence-electron chi connectivity index (χ2n) is 11.4. The van der Waals surface area contributed by atoms with Crippen LogP contribution in [0.25, 0.3) is 28.0 Å². The normalized spacial score (nSPS) is 18.0. The van der Waals surface area contributed by atoms with E-state index in [-0.39, 0.29) is 64.2 Å². The van der Waals surface area contributed by atoms with Crippen molar-refractivity contribution in [1.82, 2.24) is 19.4 Å². The van der Waals surface area contributed by atoms with Gasteiger partial charge in [-0.3, -0.25) is 23.9 Å². The minimum absolute atomic E-state index is 0.0319. The number of carbonyl (C=O) groups is 2. The van der Waals surface area contributed by atoms with E-state index >= 15 is 4.39 Å². The second-order valence-corrected chi connectivity index (χ2v) is 11.8. The Morgan fingerprint density at radius 2 is 1.93 bits per heavy atom. The van der Waals surface area contributed by atoms with Crippen molar-refractivity contribution in [3.63, 3.8) is 0 Å². The molecular weight excluding hydrogens is 587 g/mol. The number of nitrogens with zero attached hydrogens (tertiary/aromatic N) is 6. The predicted molar refractivity (Wildman–Crippen MR) is 165 cm³/mol. The van der Waals surface area contributed by atoms with Crippen LogP contribution < -0.4 is 15.4 Å². The van der Waals surface area contributed by atoms with Crippen LogP contribution in [0.5, 0.6) is 5.75 Å². The van der Waals surface area contributed by atoms with Crippen molar-refractivity contribution in [2.45, 2.75) is 31.7 Å². The molecule has 0 radical (unpaired) electrons. The van der Waals surface area contributed by atoms with Gasteiger partial charge in [0.25, 0.3) is 11.5 Å². The van der Waals surface area contributed by atoms with Crippen LogP contribution in [0.15, 0.2) is 54.0 Å². The monoisotopic (exact) mass is 614 g/mol. The molecule has 2 amide bonds. The van der Waals surface area contributed by atoms with E-state index in [0.29, 0.717) is 23.3 Å². The summed E-state index contributed by atoms with van der Waals surface area (Å²) in [6, 6.07) is 6.55. The molecule has 0 bridgehead atoms. The molecule has 3 aromatic heterocycles. The Hall–Kier alpha value is -4.77. The Balaban J connectivity index is 1.58. The van der Waals surface area contributed by atoms with E-state index in [4.69, 9.17) is 16.6 Å². The van der Waals surface area contributed by atoms with Crippen molar-refractivity contribution in [3.8, 4) is 22.7 Å². The number of carbonyl (C=O) groups excluding carboxylic acids is 2. The fraction of sp³-hybridized carbons (Fsp3) is 0.281. The van der Waals surface area contributed by atoms with Gasteiger partial charge in [0, 0.05) is 37.6 Å². The van der Waals surface area contributed by atoms with E-state index in [2.05, 4.69) is 11.6 Å². The van der Waals surface area contributed by atoms with E-state index in [1.165, 1.54) is 33.7 Å². The standard InChI is InChI=1S/C32H28ClFN6O4/c1-4-23(42)38-12-13-39-21(15-38)31(43)37(3)29-28(39)18-14-19(33)26(24-20(34)6-5-7-22(24)41)36-30(18)40(32(29)44)27-16(2)10-11-35-25(27)17-8-9-17/h4-7,10-11,14,17,21,41H,1,8-9,12-13,15H2,2-3H3/t21-/m1/s1. The highest BCUT2D eigenvalue weighted by Crippen LogP contribution is 2.46. The van der Waals surface area contributed by atoms with Crippen LogP contribution in [-0.4, -0.2) is 69.1 Å². The van der Waals surface area contributed by atoms with Gasteiger partial charge in [0.15, 0.2) is 5.65 Å². The number of amides is 2. The molecule has 1 N–H and O–H groups in total. The Labute approximate surface area is 256 Å². The zero-order chi connectivity index (χ0) is 31.0. The molecule has 7 rings (SSSR count). The third-order valence-corrected chi connectivity index (χ3v) is 9.02. The Morgan fingerprint density at radius 1 is 1.16 bits per heavy atom. The number of likely N-dealkylation sites (N-methyl/N-ethyl adjacent to an activating group) is 1. The first-order valence-corrected chi connectivity index (χ1v) is 14.7. The van der Waals surface area contributed by atoms with Crippen LogP contribution >= 0.6 is 11.6 Å². The number of hydrogen-bond donors (Lipinski definition) is 1. The average Bonchev–Trinajstić information content (AvgIpc) is 3.85. The van der Waals surface area contributed by atoms with E-state index < -0.39 is 17.4 Å². The average molecular weight is 615 g/mol. The fourth-order valence-corrected chi connectivity index (χ4v) is 6.67. The smallest absolute Gasteiger partial charge is 0.283 e. The number of benzene rings is 1. The number of anilines is 2. The number of piperazine rings is 1. The van der Waals surface area contributed by atoms with Crippen LogP contribution in [-0.2, 0) is 9.59 Å². The van der Waals surface area contributed by atoms with Crippen molar-refractivity contribution in [3.05, 3.63) is 81.6 Å². The van der Waals surface area contributed by atoms with Crippen molar-refractivity contribution >= 4 is 45.8 Å². The quantitative estimate of drug-likeness (QED) is 0.341. The highest BCUT2D eigenvalue weighted by molar-refractivity contribution is 6.34. The first-order chi connectivity index (χ1) is 21.1. The van der Waals surface area contributed by atoms with Gasteiger partial charge in [0.2, 0.25) is 5.91 Å². The van der Waals surface area contributed by atoms with Gasteiger partial charge in [-0.25, -0.2) is 9.37 Å². The summed E-state index contributed by atoms with van der Waals surface area (Å²) in [5.74, 6) is -1.54. The molecule has 2 aliphatic heterocycles. The van der Waals surface area contributed by atoms with E-state index in [0.717, 1.165) is 24.1 Å². The van der Waals surface area contributed by atoms with Crippen molar-refractivity contribution in [1.29, 1.82) is 0 Å². The first-order valence-electron chi connectivity index (χ1n) is 14.3. The number of hydrogen-bond acceptors (Lipinski definition) is 7. The second kappa shape index (κ2) is 10.2. The third-order valence-electron chi connectivity index (χ3n) is 8.73. The topological polar surface area (TPSA) is 112 Å². The molecule has 10 nitrogen and oxygen atoms in total. The number of fused-ring (bicyclic) bond motifs is 5. The van der Waals surface area contributed by atoms with Crippen LogP contribution in [0.2, 0.25) is 5.02 Å². The number of halogens is 2. The number of rotatable bonds is 4. The molecule has 1 atom stereocenters. The zero-order valence-corrected chi connectivity index (χ0v) is 24.8. The maximum Gasteiger partial charge on any atom is 0.283 e. The maximum absolute atomic E-state index is 15.2. The summed E-state index contributed by atoms with van der Waals surface area (Å²) in [7, 11) is 1.54. The molecule has 2 fully saturated rings. The lowest BCUT2D eigenvalue weighted by atomic mass is 10.00. The predicted octanol–water partition coefficient (Wildman–Crippen LogP) is 4.31. The van der Waals surface area contributed by atoms with Gasteiger partial charge < -0.3 is 19.8 Å². The van der Waals surface area contributed by atoms with Gasteiger partial charge in [-0.2, -0.15) is 0 Å². The van der Waals surface area contributed by atoms with Gasteiger partial charge in [0.1, 0.15) is 23.3 Å². The number of aromatic hydroxyl groups is 1. The number of phenols is 1. The summed E-state index contributed by atoms with van der Waals surface area (Å²) in [6.45, 7) is 6.12. The molecule has 0 unspecified atom stereocenters. The van der Waals surface area contributed by atoms with Gasteiger partial charge in [-0.1, -0.05) is 24.2 Å². The lowest BCUT2D eigenvalue weighted by Crippen LogP contribution is -2.63. The van der Waals surface area contributed by atoms with E-state index in [1.54, 1.807) is 30.3 Å². The summed E-state index contributed by atoms with van der Waals surface area (Å²) in [6.07, 6.45) is 4.76. The SMILES string of the molecule is C=CC(=O)N1CCN2c3c(c(=O)n(-c4c(C)ccnc4C4CC4)c4nc(-c5c(O)cccc5F)c(Cl)cc34)N(C)C(=O)[C@H]2C1. The van der Waals surface area contributed by atoms with E-state index in [1.807, 2.05) is 11.8 Å². The summed E-state index contributed by atoms with van der Waals surface area (Å²) in [5, 5.41) is 11.2. The van der Waals surface area contributed by atoms with E-state index in [9.17, 15) is 19.5 Å². The Morgan fingerprint density at radius 3 is 2.64 bits per heavy atom. The minimum Gasteiger partial charge on any atom is -0.507 e. The molecule has 4 aromatic rings. The van der Waals surface area contributed by atoms with Crippen LogP contribution in [0, 0.1) is 12.7 Å². The number of phenolic OH excluding ortho intramolecular Hbond substituents is 1. The molecule has 12 heteroatoms. The lowest BCUT2D eigenvalue weighted by molar-refractivity contribution is -0.128. The molecule has 5 heterocycles. The molecule has 0 spiro atoms. The van der Waals surface area contributed by atoms with Gasteiger partial charge >= 0.3 is 0 Å².